The van der Waals surface area contributed by atoms with Crippen molar-refractivity contribution in [2.45, 2.75) is 5.25 Å². The van der Waals surface area contributed by atoms with Crippen LogP contribution in [-0.4, -0.2) is 15.2 Å². The largest absolute Gasteiger partial charge is 0.381 e. The van der Waals surface area contributed by atoms with Gasteiger partial charge in [-0.05, 0) is 28.2 Å². The number of hydrogen-bond donors (Lipinski definition) is 0. The third kappa shape index (κ3) is 3.55. The lowest BCUT2D eigenvalue weighted by Crippen LogP contribution is -2.22. The van der Waals surface area contributed by atoms with Crippen LogP contribution < -0.4 is 4.18 Å². The summed E-state index contributed by atoms with van der Waals surface area (Å²) in [7, 11) is -3.94. The molecule has 0 radical (unpaired) electrons. The maximum atomic E-state index is 13.1. The molecule has 0 fully saturated rings. The Bertz CT molecular complexity index is 1120. The van der Waals surface area contributed by atoms with Gasteiger partial charge in [0.1, 0.15) is 17.8 Å². The molecule has 4 rings (SSSR count). The molecule has 1 aliphatic rings. The standard InChI is InChI=1S/C21H16O3S.CH2O/c1-15-13-14-17-8-3-5-11-19(17)21(15)25(22,23)24-20-12-6-9-16-7-2-4-10-18(16)20;1-2/h2-14,21H,1H2;1H2. The van der Waals surface area contributed by atoms with Crippen molar-refractivity contribution in [2.75, 3.05) is 0 Å². The molecule has 1 unspecified atom stereocenters. The first-order valence-corrected chi connectivity index (χ1v) is 9.69. The average molecular weight is 378 g/mol. The van der Waals surface area contributed by atoms with Crippen LogP contribution in [0, 0.1) is 0 Å². The Morgan fingerprint density at radius 3 is 2.30 bits per heavy atom. The van der Waals surface area contributed by atoms with Crippen LogP contribution in [0.5, 0.6) is 5.75 Å². The summed E-state index contributed by atoms with van der Waals surface area (Å²) in [6.07, 6.45) is 3.61. The SMILES string of the molecule is C=C1C=Cc2ccccc2C1S(=O)(=O)Oc1cccc2ccccc12.C=O. The fourth-order valence-corrected chi connectivity index (χ4v) is 4.63. The minimum atomic E-state index is -3.94. The highest BCUT2D eigenvalue weighted by Crippen LogP contribution is 2.39. The van der Waals surface area contributed by atoms with Crippen LogP contribution in [-0.2, 0) is 14.9 Å². The Morgan fingerprint density at radius 2 is 1.48 bits per heavy atom. The smallest absolute Gasteiger partial charge is 0.320 e. The molecule has 0 aliphatic heterocycles. The fraction of sp³-hybridized carbons (Fsp3) is 0.0455. The first-order valence-electron chi connectivity index (χ1n) is 8.22. The number of rotatable bonds is 3. The van der Waals surface area contributed by atoms with E-state index in [2.05, 4.69) is 6.58 Å². The van der Waals surface area contributed by atoms with E-state index in [9.17, 15) is 8.42 Å². The number of benzene rings is 3. The quantitative estimate of drug-likeness (QED) is 0.621. The van der Waals surface area contributed by atoms with Crippen molar-refractivity contribution >= 4 is 33.8 Å². The van der Waals surface area contributed by atoms with Gasteiger partial charge in [-0.3, -0.25) is 0 Å². The van der Waals surface area contributed by atoms with E-state index in [0.717, 1.165) is 16.3 Å². The lowest BCUT2D eigenvalue weighted by Gasteiger charge is -2.23. The van der Waals surface area contributed by atoms with Gasteiger partial charge in [-0.1, -0.05) is 79.4 Å². The van der Waals surface area contributed by atoms with Crippen molar-refractivity contribution in [3.63, 3.8) is 0 Å². The van der Waals surface area contributed by atoms with E-state index in [0.29, 0.717) is 16.9 Å². The van der Waals surface area contributed by atoms with Gasteiger partial charge in [0.25, 0.3) is 0 Å². The first-order chi connectivity index (χ1) is 13.1. The molecule has 27 heavy (non-hydrogen) atoms. The summed E-state index contributed by atoms with van der Waals surface area (Å²) in [6.45, 7) is 5.92. The lowest BCUT2D eigenvalue weighted by molar-refractivity contribution is -0.0979. The van der Waals surface area contributed by atoms with Crippen LogP contribution in [0.1, 0.15) is 16.4 Å². The molecule has 0 spiro atoms. The zero-order chi connectivity index (χ0) is 19.4. The maximum absolute atomic E-state index is 13.1. The van der Waals surface area contributed by atoms with Crippen LogP contribution >= 0.6 is 0 Å². The lowest BCUT2D eigenvalue weighted by atomic mass is 9.94. The van der Waals surface area contributed by atoms with E-state index in [-0.39, 0.29) is 0 Å². The van der Waals surface area contributed by atoms with E-state index in [1.54, 1.807) is 24.3 Å². The summed E-state index contributed by atoms with van der Waals surface area (Å²) in [5.74, 6) is 0.331. The second-order valence-corrected chi connectivity index (χ2v) is 7.59. The van der Waals surface area contributed by atoms with Crippen molar-refractivity contribution in [2.24, 2.45) is 0 Å². The molecule has 0 bridgehead atoms. The van der Waals surface area contributed by atoms with Gasteiger partial charge in [0.15, 0.2) is 0 Å². The second kappa shape index (κ2) is 7.60. The predicted molar refractivity (Wildman–Crippen MR) is 108 cm³/mol. The van der Waals surface area contributed by atoms with Crippen molar-refractivity contribution in [3.8, 4) is 5.75 Å². The summed E-state index contributed by atoms with van der Waals surface area (Å²) >= 11 is 0. The summed E-state index contributed by atoms with van der Waals surface area (Å²) in [5.41, 5.74) is 2.05. The highest BCUT2D eigenvalue weighted by Gasteiger charge is 2.34. The number of carbonyl (C=O) groups is 1. The van der Waals surface area contributed by atoms with Crippen LogP contribution in [0.2, 0.25) is 0 Å². The molecule has 0 amide bonds. The highest BCUT2D eigenvalue weighted by atomic mass is 32.2. The molecule has 136 valence electrons. The van der Waals surface area contributed by atoms with E-state index >= 15 is 0 Å². The summed E-state index contributed by atoms with van der Waals surface area (Å²) < 4.78 is 31.7. The van der Waals surface area contributed by atoms with Crippen LogP contribution in [0.4, 0.5) is 0 Å². The van der Waals surface area contributed by atoms with Crippen molar-refractivity contribution in [3.05, 3.63) is 96.1 Å². The molecule has 1 atom stereocenters. The molecular weight excluding hydrogens is 360 g/mol. The summed E-state index contributed by atoms with van der Waals surface area (Å²) in [6, 6.07) is 20.3. The normalized spacial score (nSPS) is 15.6. The molecular formula is C22H18O4S. The van der Waals surface area contributed by atoms with E-state index in [1.807, 2.05) is 61.4 Å². The third-order valence-electron chi connectivity index (χ3n) is 4.34. The molecule has 0 N–H and O–H groups in total. The minimum absolute atomic E-state index is 0.331. The highest BCUT2D eigenvalue weighted by molar-refractivity contribution is 7.87. The van der Waals surface area contributed by atoms with Gasteiger partial charge in [-0.15, -0.1) is 0 Å². The van der Waals surface area contributed by atoms with Gasteiger partial charge in [0, 0.05) is 5.39 Å². The van der Waals surface area contributed by atoms with Gasteiger partial charge in [-0.2, -0.15) is 8.42 Å². The monoisotopic (exact) mass is 378 g/mol. The Balaban J connectivity index is 0.00000102. The first kappa shape index (κ1) is 18.6. The minimum Gasteiger partial charge on any atom is -0.381 e. The summed E-state index contributed by atoms with van der Waals surface area (Å²) in [5, 5.41) is 0.782. The third-order valence-corrected chi connectivity index (χ3v) is 5.88. The molecule has 3 aromatic rings. The Labute approximate surface area is 158 Å². The molecule has 3 aromatic carbocycles. The Morgan fingerprint density at radius 1 is 0.815 bits per heavy atom. The molecule has 5 heteroatoms. The molecule has 0 heterocycles. The zero-order valence-electron chi connectivity index (χ0n) is 14.5. The van der Waals surface area contributed by atoms with E-state index in [4.69, 9.17) is 8.98 Å². The predicted octanol–water partition coefficient (Wildman–Crippen LogP) is 4.69. The Hall–Kier alpha value is -3.18. The number of fused-ring (bicyclic) bond motifs is 2. The van der Waals surface area contributed by atoms with Gasteiger partial charge < -0.3 is 8.98 Å². The second-order valence-electron chi connectivity index (χ2n) is 5.97. The van der Waals surface area contributed by atoms with E-state index in [1.165, 1.54) is 0 Å². The average Bonchev–Trinajstić information content (AvgIpc) is 2.69. The van der Waals surface area contributed by atoms with Crippen LogP contribution in [0.15, 0.2) is 85.0 Å². The van der Waals surface area contributed by atoms with Crippen molar-refractivity contribution < 1.29 is 17.4 Å². The van der Waals surface area contributed by atoms with Gasteiger partial charge in [-0.25, -0.2) is 0 Å². The van der Waals surface area contributed by atoms with Crippen LogP contribution in [0.25, 0.3) is 16.8 Å². The summed E-state index contributed by atoms with van der Waals surface area (Å²) in [4.78, 5) is 8.00. The Kier molecular flexibility index (Phi) is 5.23. The van der Waals surface area contributed by atoms with Gasteiger partial charge in [0.2, 0.25) is 0 Å². The van der Waals surface area contributed by atoms with Crippen molar-refractivity contribution in [1.82, 2.24) is 0 Å². The van der Waals surface area contributed by atoms with E-state index < -0.39 is 15.4 Å². The zero-order valence-corrected chi connectivity index (χ0v) is 15.4. The maximum Gasteiger partial charge on any atom is 0.320 e. The number of hydrogen-bond acceptors (Lipinski definition) is 4. The van der Waals surface area contributed by atoms with Gasteiger partial charge >= 0.3 is 10.1 Å². The molecule has 0 saturated carbocycles. The van der Waals surface area contributed by atoms with Gasteiger partial charge in [0.05, 0.1) is 0 Å². The van der Waals surface area contributed by atoms with Crippen LogP contribution in [0.3, 0.4) is 0 Å². The van der Waals surface area contributed by atoms with Crippen molar-refractivity contribution in [1.29, 1.82) is 0 Å². The molecule has 0 aromatic heterocycles. The molecule has 0 saturated heterocycles. The number of carbonyl (C=O) groups excluding carboxylic acids is 1. The topological polar surface area (TPSA) is 60.4 Å². The number of allylic oxidation sites excluding steroid dienone is 1. The molecule has 1 aliphatic carbocycles. The molecule has 4 nitrogen and oxygen atoms in total. The fourth-order valence-electron chi connectivity index (χ4n) is 3.17.